The van der Waals surface area contributed by atoms with Gasteiger partial charge in [-0.2, -0.15) is 0 Å². The van der Waals surface area contributed by atoms with Gasteiger partial charge in [-0.25, -0.2) is 13.1 Å². The molecule has 17 heavy (non-hydrogen) atoms. The lowest BCUT2D eigenvalue weighted by Crippen LogP contribution is -2.26. The Bertz CT molecular complexity index is 456. The molecule has 0 spiro atoms. The second kappa shape index (κ2) is 7.27. The summed E-state index contributed by atoms with van der Waals surface area (Å²) >= 11 is 4.41. The summed E-state index contributed by atoms with van der Waals surface area (Å²) in [7, 11) is -3.39. The van der Waals surface area contributed by atoms with Gasteiger partial charge in [-0.1, -0.05) is 6.08 Å². The van der Waals surface area contributed by atoms with Crippen LogP contribution in [0.3, 0.4) is 0 Å². The second-order valence-electron chi connectivity index (χ2n) is 3.15. The van der Waals surface area contributed by atoms with Crippen LogP contribution in [0.2, 0.25) is 0 Å². The van der Waals surface area contributed by atoms with Crippen molar-refractivity contribution in [2.45, 2.75) is 10.6 Å². The van der Waals surface area contributed by atoms with E-state index < -0.39 is 10.0 Å². The van der Waals surface area contributed by atoms with Gasteiger partial charge in [-0.15, -0.1) is 17.9 Å². The summed E-state index contributed by atoms with van der Waals surface area (Å²) in [6, 6.07) is 3.27. The zero-order valence-corrected chi connectivity index (χ0v) is 12.4. The van der Waals surface area contributed by atoms with Crippen LogP contribution in [0.5, 0.6) is 0 Å². The first kappa shape index (κ1) is 14.8. The summed E-state index contributed by atoms with van der Waals surface area (Å²) in [6.45, 7) is 4.76. The number of hydrogen-bond donors (Lipinski definition) is 1. The highest BCUT2D eigenvalue weighted by Crippen LogP contribution is 2.25. The summed E-state index contributed by atoms with van der Waals surface area (Å²) in [5.41, 5.74) is 0. The maximum Gasteiger partial charge on any atom is 0.250 e. The van der Waals surface area contributed by atoms with Gasteiger partial charge in [0.1, 0.15) is 4.21 Å². The van der Waals surface area contributed by atoms with E-state index in [2.05, 4.69) is 27.2 Å². The maximum absolute atomic E-state index is 11.7. The minimum atomic E-state index is -3.39. The van der Waals surface area contributed by atoms with Crippen LogP contribution in [0.15, 0.2) is 32.8 Å². The monoisotopic (exact) mass is 339 g/mol. The van der Waals surface area contributed by atoms with Gasteiger partial charge in [-0.3, -0.25) is 0 Å². The van der Waals surface area contributed by atoms with E-state index in [1.54, 1.807) is 18.2 Å². The maximum atomic E-state index is 11.7. The van der Waals surface area contributed by atoms with Gasteiger partial charge in [0.25, 0.3) is 0 Å². The van der Waals surface area contributed by atoms with Crippen molar-refractivity contribution in [2.24, 2.45) is 0 Å². The van der Waals surface area contributed by atoms with Gasteiger partial charge >= 0.3 is 0 Å². The van der Waals surface area contributed by atoms with Gasteiger partial charge in [0.15, 0.2) is 0 Å². The van der Waals surface area contributed by atoms with E-state index >= 15 is 0 Å². The minimum absolute atomic E-state index is 0.273. The normalized spacial score (nSPS) is 11.6. The van der Waals surface area contributed by atoms with Crippen LogP contribution >= 0.6 is 27.3 Å². The summed E-state index contributed by atoms with van der Waals surface area (Å²) in [4.78, 5) is 0. The molecule has 1 N–H and O–H groups in total. The third-order valence-electron chi connectivity index (χ3n) is 1.82. The number of halogens is 1. The summed E-state index contributed by atoms with van der Waals surface area (Å²) < 4.78 is 32.3. The molecule has 1 rings (SSSR count). The third-order valence-corrected chi connectivity index (χ3v) is 5.39. The van der Waals surface area contributed by atoms with Gasteiger partial charge in [-0.05, 0) is 34.5 Å². The Kier molecular flexibility index (Phi) is 6.35. The number of thiophene rings is 1. The molecule has 1 aromatic rings. The van der Waals surface area contributed by atoms with Crippen LogP contribution in [0.25, 0.3) is 0 Å². The number of rotatable bonds is 8. The van der Waals surface area contributed by atoms with Crippen molar-refractivity contribution >= 4 is 37.3 Å². The van der Waals surface area contributed by atoms with Crippen molar-refractivity contribution in [3.05, 3.63) is 28.6 Å². The number of sulfonamides is 1. The molecule has 0 saturated carbocycles. The molecular formula is C10H14BrNO3S2. The van der Waals surface area contributed by atoms with E-state index in [0.717, 1.165) is 10.2 Å². The molecule has 7 heteroatoms. The predicted octanol–water partition coefficient (Wildman–Crippen LogP) is 2.38. The van der Waals surface area contributed by atoms with Crippen molar-refractivity contribution in [1.82, 2.24) is 4.72 Å². The van der Waals surface area contributed by atoms with Gasteiger partial charge in [0.2, 0.25) is 10.0 Å². The molecule has 0 unspecified atom stereocenters. The molecule has 0 fully saturated rings. The molecule has 1 aromatic heterocycles. The smallest absolute Gasteiger partial charge is 0.250 e. The average molecular weight is 340 g/mol. The zero-order valence-electron chi connectivity index (χ0n) is 9.19. The van der Waals surface area contributed by atoms with Crippen molar-refractivity contribution < 1.29 is 13.2 Å². The Hall–Kier alpha value is -0.210. The SMILES string of the molecule is C=CCCOCCNS(=O)(=O)c1ccc(Br)s1. The molecule has 0 aliphatic carbocycles. The quantitative estimate of drug-likeness (QED) is 0.584. The first-order valence-corrected chi connectivity index (χ1v) is 8.09. The first-order chi connectivity index (χ1) is 8.06. The lowest BCUT2D eigenvalue weighted by Gasteiger charge is -2.05. The Labute approximate surface area is 114 Å². The molecule has 0 radical (unpaired) electrons. The van der Waals surface area contributed by atoms with Crippen LogP contribution in [0, 0.1) is 0 Å². The molecule has 0 aliphatic heterocycles. The minimum Gasteiger partial charge on any atom is -0.380 e. The van der Waals surface area contributed by atoms with E-state index in [-0.39, 0.29) is 6.54 Å². The molecule has 0 aliphatic rings. The van der Waals surface area contributed by atoms with Gasteiger partial charge in [0.05, 0.1) is 17.0 Å². The highest BCUT2D eigenvalue weighted by atomic mass is 79.9. The second-order valence-corrected chi connectivity index (χ2v) is 7.60. The lowest BCUT2D eigenvalue weighted by molar-refractivity contribution is 0.144. The van der Waals surface area contributed by atoms with Gasteiger partial charge in [0, 0.05) is 6.54 Å². The van der Waals surface area contributed by atoms with Gasteiger partial charge < -0.3 is 4.74 Å². The Morgan fingerprint density at radius 2 is 2.24 bits per heavy atom. The highest BCUT2D eigenvalue weighted by Gasteiger charge is 2.15. The number of hydrogen-bond acceptors (Lipinski definition) is 4. The fourth-order valence-electron chi connectivity index (χ4n) is 1.03. The zero-order chi connectivity index (χ0) is 12.7. The Balaban J connectivity index is 2.33. The average Bonchev–Trinajstić information content (AvgIpc) is 2.71. The molecule has 0 bridgehead atoms. The third kappa shape index (κ3) is 5.31. The van der Waals surface area contributed by atoms with Crippen molar-refractivity contribution in [3.8, 4) is 0 Å². The van der Waals surface area contributed by atoms with Crippen molar-refractivity contribution in [1.29, 1.82) is 0 Å². The molecule has 96 valence electrons. The molecule has 0 aromatic carbocycles. The Morgan fingerprint density at radius 1 is 1.47 bits per heavy atom. The summed E-state index contributed by atoms with van der Waals surface area (Å²) in [5.74, 6) is 0. The van der Waals surface area contributed by atoms with Crippen molar-refractivity contribution in [2.75, 3.05) is 19.8 Å². The number of ether oxygens (including phenoxy) is 1. The highest BCUT2D eigenvalue weighted by molar-refractivity contribution is 9.11. The standard InChI is InChI=1S/C10H14BrNO3S2/c1-2-3-7-15-8-6-12-17(13,14)10-5-4-9(11)16-10/h2,4-5,12H,1,3,6-8H2. The molecule has 0 saturated heterocycles. The van der Waals surface area contributed by atoms with Crippen LogP contribution in [-0.4, -0.2) is 28.2 Å². The van der Waals surface area contributed by atoms with Crippen LogP contribution in [0.4, 0.5) is 0 Å². The van der Waals surface area contributed by atoms with Crippen LogP contribution < -0.4 is 4.72 Å². The van der Waals surface area contributed by atoms with E-state index in [4.69, 9.17) is 4.74 Å². The summed E-state index contributed by atoms with van der Waals surface area (Å²) in [5, 5.41) is 0. The fourth-order valence-corrected chi connectivity index (χ4v) is 4.10. The van der Waals surface area contributed by atoms with E-state index in [1.165, 1.54) is 11.3 Å². The Morgan fingerprint density at radius 3 is 2.82 bits per heavy atom. The summed E-state index contributed by atoms with van der Waals surface area (Å²) in [6.07, 6.45) is 2.53. The topological polar surface area (TPSA) is 55.4 Å². The van der Waals surface area contributed by atoms with Crippen LogP contribution in [0.1, 0.15) is 6.42 Å². The lowest BCUT2D eigenvalue weighted by atomic mass is 10.5. The molecule has 4 nitrogen and oxygen atoms in total. The predicted molar refractivity (Wildman–Crippen MR) is 72.8 cm³/mol. The molecule has 0 amide bonds. The molecular weight excluding hydrogens is 326 g/mol. The molecule has 0 atom stereocenters. The van der Waals surface area contributed by atoms with E-state index in [1.807, 2.05) is 0 Å². The first-order valence-electron chi connectivity index (χ1n) is 5.00. The number of nitrogens with one attached hydrogen (secondary N) is 1. The molecule has 1 heterocycles. The van der Waals surface area contributed by atoms with Crippen LogP contribution in [-0.2, 0) is 14.8 Å². The van der Waals surface area contributed by atoms with Crippen molar-refractivity contribution in [3.63, 3.8) is 0 Å². The van der Waals surface area contributed by atoms with E-state index in [0.29, 0.717) is 17.4 Å². The fraction of sp³-hybridized carbons (Fsp3) is 0.400. The largest absolute Gasteiger partial charge is 0.380 e. The van der Waals surface area contributed by atoms with E-state index in [9.17, 15) is 8.42 Å².